The molecular weight excluding hydrogens is 493 g/mol. The number of sulfonamides is 1. The minimum atomic E-state index is -4.60. The molecule has 1 atom stereocenters. The predicted molar refractivity (Wildman–Crippen MR) is 123 cm³/mol. The largest absolute Gasteiger partial charge is 0.481 e. The van der Waals surface area contributed by atoms with Crippen molar-refractivity contribution in [3.8, 4) is 5.75 Å². The molecule has 2 N–H and O–H groups in total. The van der Waals surface area contributed by atoms with Crippen LogP contribution in [0.4, 0.5) is 24.5 Å². The number of carbonyl (C=O) groups is 1. The zero-order valence-electron chi connectivity index (χ0n) is 17.8. The molecule has 0 aliphatic carbocycles. The Hall–Kier alpha value is -3.24. The third-order valence-electron chi connectivity index (χ3n) is 4.61. The summed E-state index contributed by atoms with van der Waals surface area (Å²) in [5.74, 6) is -0.0169. The number of anilines is 2. The van der Waals surface area contributed by atoms with Crippen molar-refractivity contribution in [3.63, 3.8) is 0 Å². The quantitative estimate of drug-likeness (QED) is 0.390. The molecule has 1 amide bonds. The normalized spacial score (nSPS) is 12.6. The van der Waals surface area contributed by atoms with Crippen LogP contribution in [-0.4, -0.2) is 20.4 Å². The van der Waals surface area contributed by atoms with E-state index in [0.29, 0.717) is 28.9 Å². The third-order valence-corrected chi connectivity index (χ3v) is 6.24. The molecule has 0 heterocycles. The Kier molecular flexibility index (Phi) is 7.73. The molecule has 6 nitrogen and oxygen atoms in total. The number of carbonyl (C=O) groups excluding carboxylic acids is 1. The number of amides is 1. The van der Waals surface area contributed by atoms with Crippen LogP contribution in [0.1, 0.15) is 18.9 Å². The molecule has 0 saturated heterocycles. The summed E-state index contributed by atoms with van der Waals surface area (Å²) in [7, 11) is -4.15. The number of rotatable bonds is 8. The molecule has 0 bridgehead atoms. The zero-order chi connectivity index (χ0) is 24.9. The van der Waals surface area contributed by atoms with Gasteiger partial charge in [-0.1, -0.05) is 30.7 Å². The topological polar surface area (TPSA) is 84.5 Å². The van der Waals surface area contributed by atoms with Crippen LogP contribution in [0.5, 0.6) is 5.75 Å². The molecule has 3 aromatic rings. The molecule has 0 spiro atoms. The summed E-state index contributed by atoms with van der Waals surface area (Å²) in [6, 6.07) is 15.7. The van der Waals surface area contributed by atoms with Crippen molar-refractivity contribution in [2.24, 2.45) is 0 Å². The lowest BCUT2D eigenvalue weighted by Gasteiger charge is -2.17. The van der Waals surface area contributed by atoms with Crippen LogP contribution in [0, 0.1) is 0 Å². The van der Waals surface area contributed by atoms with Gasteiger partial charge >= 0.3 is 6.18 Å². The van der Waals surface area contributed by atoms with Gasteiger partial charge in [-0.3, -0.25) is 9.52 Å². The van der Waals surface area contributed by atoms with E-state index in [0.717, 1.165) is 12.1 Å². The van der Waals surface area contributed by atoms with Gasteiger partial charge in [-0.05, 0) is 67.1 Å². The minimum Gasteiger partial charge on any atom is -0.481 e. The first kappa shape index (κ1) is 25.4. The Morgan fingerprint density at radius 3 is 2.29 bits per heavy atom. The Bertz CT molecular complexity index is 1270. The zero-order valence-corrected chi connectivity index (χ0v) is 19.3. The van der Waals surface area contributed by atoms with Gasteiger partial charge in [0, 0.05) is 16.4 Å². The molecule has 0 aliphatic rings. The Morgan fingerprint density at radius 1 is 1.00 bits per heavy atom. The highest BCUT2D eigenvalue weighted by Crippen LogP contribution is 2.31. The molecule has 0 saturated carbocycles. The second-order valence-corrected chi connectivity index (χ2v) is 9.29. The highest BCUT2D eigenvalue weighted by molar-refractivity contribution is 7.92. The van der Waals surface area contributed by atoms with Gasteiger partial charge in [0.25, 0.3) is 15.9 Å². The summed E-state index contributed by atoms with van der Waals surface area (Å²) in [6.45, 7) is 1.77. The van der Waals surface area contributed by atoms with E-state index >= 15 is 0 Å². The van der Waals surface area contributed by atoms with Crippen molar-refractivity contribution in [1.82, 2.24) is 0 Å². The average Bonchev–Trinajstić information content (AvgIpc) is 2.77. The number of alkyl halides is 3. The standard InChI is InChI=1S/C23H20ClF3N2O4S/c1-2-21(33-19-8-4-6-16(24)14-19)22(30)28-17-9-11-20(12-10-17)34(31,32)29-18-7-3-5-15(13-18)23(25,26)27/h3-14,21,29H,2H2,1H3,(H,28,30)/t21-/m1/s1. The first-order valence-electron chi connectivity index (χ1n) is 10.0. The number of hydrogen-bond donors (Lipinski definition) is 2. The van der Waals surface area contributed by atoms with Gasteiger partial charge in [-0.25, -0.2) is 8.42 Å². The molecule has 0 aromatic heterocycles. The first-order valence-corrected chi connectivity index (χ1v) is 11.9. The summed E-state index contributed by atoms with van der Waals surface area (Å²) >= 11 is 5.93. The molecule has 3 aromatic carbocycles. The van der Waals surface area contributed by atoms with Gasteiger partial charge in [-0.15, -0.1) is 0 Å². The van der Waals surface area contributed by atoms with E-state index in [1.807, 2.05) is 0 Å². The van der Waals surface area contributed by atoms with Crippen molar-refractivity contribution in [3.05, 3.63) is 83.4 Å². The third kappa shape index (κ3) is 6.64. The van der Waals surface area contributed by atoms with E-state index in [1.54, 1.807) is 31.2 Å². The molecule has 0 aliphatic heterocycles. The monoisotopic (exact) mass is 512 g/mol. The molecule has 180 valence electrons. The van der Waals surface area contributed by atoms with Crippen LogP contribution in [0.2, 0.25) is 5.02 Å². The summed E-state index contributed by atoms with van der Waals surface area (Å²) in [4.78, 5) is 12.4. The second kappa shape index (κ2) is 10.4. The maximum absolute atomic E-state index is 12.9. The molecule has 0 radical (unpaired) electrons. The Morgan fingerprint density at radius 2 is 1.68 bits per heavy atom. The summed E-state index contributed by atoms with van der Waals surface area (Å²) in [5.41, 5.74) is -0.886. The fraction of sp³-hybridized carbons (Fsp3) is 0.174. The van der Waals surface area contributed by atoms with E-state index in [1.165, 1.54) is 30.3 Å². The van der Waals surface area contributed by atoms with Gasteiger partial charge in [-0.2, -0.15) is 13.2 Å². The molecule has 0 fully saturated rings. The van der Waals surface area contributed by atoms with Crippen molar-refractivity contribution >= 4 is 38.9 Å². The SMILES string of the molecule is CC[C@@H](Oc1cccc(Cl)c1)C(=O)Nc1ccc(S(=O)(=O)Nc2cccc(C(F)(F)F)c2)cc1. The lowest BCUT2D eigenvalue weighted by Crippen LogP contribution is -2.32. The number of benzene rings is 3. The highest BCUT2D eigenvalue weighted by Gasteiger charge is 2.30. The predicted octanol–water partition coefficient (Wildman–Crippen LogP) is 5.96. The second-order valence-electron chi connectivity index (χ2n) is 7.17. The fourth-order valence-corrected chi connectivity index (χ4v) is 4.17. The lowest BCUT2D eigenvalue weighted by atomic mass is 10.2. The van der Waals surface area contributed by atoms with E-state index in [9.17, 15) is 26.4 Å². The van der Waals surface area contributed by atoms with Crippen LogP contribution >= 0.6 is 11.6 Å². The van der Waals surface area contributed by atoms with Crippen LogP contribution < -0.4 is 14.8 Å². The molecule has 0 unspecified atom stereocenters. The average molecular weight is 513 g/mol. The summed E-state index contributed by atoms with van der Waals surface area (Å²) in [6.07, 6.45) is -5.05. The fourth-order valence-electron chi connectivity index (χ4n) is 2.94. The van der Waals surface area contributed by atoms with E-state index in [-0.39, 0.29) is 10.6 Å². The minimum absolute atomic E-state index is 0.190. The van der Waals surface area contributed by atoms with Gasteiger partial charge in [0.1, 0.15) is 5.75 Å². The Balaban J connectivity index is 1.68. The maximum atomic E-state index is 12.9. The molecule has 34 heavy (non-hydrogen) atoms. The number of ether oxygens (including phenoxy) is 1. The van der Waals surface area contributed by atoms with Crippen molar-refractivity contribution in [1.29, 1.82) is 0 Å². The number of hydrogen-bond acceptors (Lipinski definition) is 4. The van der Waals surface area contributed by atoms with Crippen LogP contribution in [0.25, 0.3) is 0 Å². The first-order chi connectivity index (χ1) is 16.0. The Labute approximate surface area is 199 Å². The van der Waals surface area contributed by atoms with Crippen molar-refractivity contribution in [2.75, 3.05) is 10.0 Å². The summed E-state index contributed by atoms with van der Waals surface area (Å²) in [5, 5.41) is 3.10. The highest BCUT2D eigenvalue weighted by atomic mass is 35.5. The smallest absolute Gasteiger partial charge is 0.416 e. The van der Waals surface area contributed by atoms with Crippen molar-refractivity contribution < 1.29 is 31.1 Å². The van der Waals surface area contributed by atoms with E-state index in [2.05, 4.69) is 10.0 Å². The van der Waals surface area contributed by atoms with Crippen LogP contribution in [0.15, 0.2) is 77.7 Å². The van der Waals surface area contributed by atoms with Gasteiger partial charge in [0.05, 0.1) is 10.5 Å². The lowest BCUT2D eigenvalue weighted by molar-refractivity contribution is -0.137. The molecular formula is C23H20ClF3N2O4S. The van der Waals surface area contributed by atoms with Gasteiger partial charge in [0.2, 0.25) is 0 Å². The number of halogens is 4. The summed E-state index contributed by atoms with van der Waals surface area (Å²) < 4.78 is 71.5. The number of nitrogens with one attached hydrogen (secondary N) is 2. The van der Waals surface area contributed by atoms with Crippen LogP contribution in [-0.2, 0) is 21.0 Å². The van der Waals surface area contributed by atoms with E-state index in [4.69, 9.17) is 16.3 Å². The van der Waals surface area contributed by atoms with Gasteiger partial charge < -0.3 is 10.1 Å². The van der Waals surface area contributed by atoms with Crippen LogP contribution in [0.3, 0.4) is 0 Å². The van der Waals surface area contributed by atoms with Crippen molar-refractivity contribution in [2.45, 2.75) is 30.5 Å². The molecule has 3 rings (SSSR count). The maximum Gasteiger partial charge on any atom is 0.416 e. The molecule has 11 heteroatoms. The van der Waals surface area contributed by atoms with E-state index < -0.39 is 33.8 Å². The van der Waals surface area contributed by atoms with Gasteiger partial charge in [0.15, 0.2) is 6.10 Å².